The smallest absolute Gasteiger partial charge is 0.0474 e. The van der Waals surface area contributed by atoms with Crippen LogP contribution < -0.4 is 5.32 Å². The molecule has 3 rings (SSSR count). The summed E-state index contributed by atoms with van der Waals surface area (Å²) in [7, 11) is 0. The molecule has 5 atom stereocenters. The summed E-state index contributed by atoms with van der Waals surface area (Å²) in [4.78, 5) is 2.60. The van der Waals surface area contributed by atoms with E-state index in [-0.39, 0.29) is 0 Å². The highest BCUT2D eigenvalue weighted by Crippen LogP contribution is 2.31. The van der Waals surface area contributed by atoms with Crippen molar-refractivity contribution in [3.63, 3.8) is 0 Å². The Bertz CT molecular complexity index is 246. The van der Waals surface area contributed by atoms with E-state index in [1.807, 2.05) is 0 Å². The van der Waals surface area contributed by atoms with Crippen molar-refractivity contribution in [2.24, 2.45) is 11.8 Å². The summed E-state index contributed by atoms with van der Waals surface area (Å²) in [6.45, 7) is 4.29. The van der Waals surface area contributed by atoms with Gasteiger partial charge in [0.2, 0.25) is 0 Å². The quantitative estimate of drug-likeness (QED) is 0.745. The first-order chi connectivity index (χ1) is 7.86. The van der Waals surface area contributed by atoms with E-state index in [1.165, 1.54) is 51.7 Å². The standard InChI is InChI=1S/C13H24N2O/c16-9-11-2-1-3-12(11)14-13-5-7-15-6-4-10(13)8-15/h10-14,16H,1-9H2. The van der Waals surface area contributed by atoms with Crippen LogP contribution in [0.1, 0.15) is 32.1 Å². The van der Waals surface area contributed by atoms with Gasteiger partial charge in [-0.2, -0.15) is 0 Å². The molecule has 92 valence electrons. The molecule has 1 aliphatic carbocycles. The molecule has 0 aromatic heterocycles. The van der Waals surface area contributed by atoms with Crippen LogP contribution in [0.2, 0.25) is 0 Å². The van der Waals surface area contributed by atoms with Crippen molar-refractivity contribution in [1.29, 1.82) is 0 Å². The van der Waals surface area contributed by atoms with Gasteiger partial charge >= 0.3 is 0 Å². The van der Waals surface area contributed by atoms with Gasteiger partial charge in [0.15, 0.2) is 0 Å². The third-order valence-electron chi connectivity index (χ3n) is 4.96. The molecule has 3 aliphatic rings. The van der Waals surface area contributed by atoms with Crippen LogP contribution in [0, 0.1) is 11.8 Å². The van der Waals surface area contributed by atoms with Gasteiger partial charge in [0.05, 0.1) is 0 Å². The molecule has 0 aromatic carbocycles. The topological polar surface area (TPSA) is 35.5 Å². The van der Waals surface area contributed by atoms with Crippen molar-refractivity contribution in [3.8, 4) is 0 Å². The SMILES string of the molecule is OCC1CCCC1NC1CCN2CCC1C2. The summed E-state index contributed by atoms with van der Waals surface area (Å²) in [6.07, 6.45) is 6.50. The van der Waals surface area contributed by atoms with Crippen molar-refractivity contribution in [3.05, 3.63) is 0 Å². The molecule has 3 nitrogen and oxygen atoms in total. The molecule has 3 heteroatoms. The van der Waals surface area contributed by atoms with Crippen LogP contribution in [-0.4, -0.2) is 48.3 Å². The maximum atomic E-state index is 9.35. The summed E-state index contributed by atoms with van der Waals surface area (Å²) in [5, 5.41) is 13.2. The van der Waals surface area contributed by atoms with Crippen LogP contribution in [-0.2, 0) is 0 Å². The molecule has 0 aromatic rings. The Morgan fingerprint density at radius 3 is 2.81 bits per heavy atom. The van der Waals surface area contributed by atoms with Gasteiger partial charge in [-0.05, 0) is 50.6 Å². The molecule has 3 fully saturated rings. The molecular weight excluding hydrogens is 200 g/mol. The predicted molar refractivity (Wildman–Crippen MR) is 64.3 cm³/mol. The Labute approximate surface area is 98.2 Å². The molecular formula is C13H24N2O. The van der Waals surface area contributed by atoms with Crippen molar-refractivity contribution < 1.29 is 5.11 Å². The van der Waals surface area contributed by atoms with Gasteiger partial charge in [0.1, 0.15) is 0 Å². The molecule has 2 aliphatic heterocycles. The normalized spacial score (nSPS) is 47.4. The van der Waals surface area contributed by atoms with Crippen LogP contribution in [0.15, 0.2) is 0 Å². The van der Waals surface area contributed by atoms with E-state index in [0.29, 0.717) is 18.6 Å². The molecule has 0 radical (unpaired) electrons. The number of aliphatic hydroxyl groups is 1. The number of hydrogen-bond donors (Lipinski definition) is 2. The third-order valence-corrected chi connectivity index (χ3v) is 4.96. The number of nitrogens with one attached hydrogen (secondary N) is 1. The van der Waals surface area contributed by atoms with E-state index in [2.05, 4.69) is 10.2 Å². The number of rotatable bonds is 3. The highest BCUT2D eigenvalue weighted by molar-refractivity contribution is 4.94. The first-order valence-electron chi connectivity index (χ1n) is 6.96. The first kappa shape index (κ1) is 11.0. The second-order valence-corrected chi connectivity index (χ2v) is 5.89. The molecule has 0 amide bonds. The molecule has 2 bridgehead atoms. The molecule has 2 saturated heterocycles. The molecule has 0 spiro atoms. The Hall–Kier alpha value is -0.120. The lowest BCUT2D eigenvalue weighted by molar-refractivity contribution is 0.168. The van der Waals surface area contributed by atoms with Crippen LogP contribution >= 0.6 is 0 Å². The average Bonchev–Trinajstić information content (AvgIpc) is 2.89. The van der Waals surface area contributed by atoms with Crippen molar-refractivity contribution >= 4 is 0 Å². The van der Waals surface area contributed by atoms with Gasteiger partial charge in [-0.25, -0.2) is 0 Å². The van der Waals surface area contributed by atoms with Gasteiger partial charge < -0.3 is 15.3 Å². The van der Waals surface area contributed by atoms with E-state index in [9.17, 15) is 5.11 Å². The summed E-state index contributed by atoms with van der Waals surface area (Å²) in [5.74, 6) is 1.41. The Kier molecular flexibility index (Phi) is 3.18. The minimum absolute atomic E-state index is 0.376. The molecule has 5 unspecified atom stereocenters. The average molecular weight is 224 g/mol. The maximum absolute atomic E-state index is 9.35. The second kappa shape index (κ2) is 4.63. The van der Waals surface area contributed by atoms with Crippen LogP contribution in [0.4, 0.5) is 0 Å². The maximum Gasteiger partial charge on any atom is 0.0474 e. The fourth-order valence-electron chi connectivity index (χ4n) is 3.92. The highest BCUT2D eigenvalue weighted by Gasteiger charge is 2.37. The Morgan fingerprint density at radius 1 is 1.06 bits per heavy atom. The summed E-state index contributed by atoms with van der Waals surface area (Å²) in [6, 6.07) is 1.33. The third kappa shape index (κ3) is 2.01. The highest BCUT2D eigenvalue weighted by atomic mass is 16.3. The van der Waals surface area contributed by atoms with Crippen molar-refractivity contribution in [2.75, 3.05) is 26.2 Å². The van der Waals surface area contributed by atoms with Crippen LogP contribution in [0.5, 0.6) is 0 Å². The lowest BCUT2D eigenvalue weighted by Crippen LogP contribution is -2.49. The van der Waals surface area contributed by atoms with Gasteiger partial charge in [-0.3, -0.25) is 0 Å². The number of hydrogen-bond acceptors (Lipinski definition) is 3. The number of fused-ring (bicyclic) bond motifs is 2. The summed E-state index contributed by atoms with van der Waals surface area (Å²) >= 11 is 0. The van der Waals surface area contributed by atoms with Gasteiger partial charge in [-0.15, -0.1) is 0 Å². The Morgan fingerprint density at radius 2 is 1.94 bits per heavy atom. The number of aliphatic hydroxyl groups excluding tert-OH is 1. The largest absolute Gasteiger partial charge is 0.396 e. The molecule has 1 saturated carbocycles. The summed E-state index contributed by atoms with van der Waals surface area (Å²) < 4.78 is 0. The minimum Gasteiger partial charge on any atom is -0.396 e. The lowest BCUT2D eigenvalue weighted by Gasteiger charge is -2.34. The zero-order valence-corrected chi connectivity index (χ0v) is 10.1. The summed E-state index contributed by atoms with van der Waals surface area (Å²) in [5.41, 5.74) is 0. The van der Waals surface area contributed by atoms with E-state index >= 15 is 0 Å². The number of piperidine rings is 1. The Balaban J connectivity index is 1.57. The second-order valence-electron chi connectivity index (χ2n) is 5.89. The van der Waals surface area contributed by atoms with E-state index in [0.717, 1.165) is 12.0 Å². The predicted octanol–water partition coefficient (Wildman–Crippen LogP) is 0.831. The number of nitrogens with zero attached hydrogens (tertiary/aromatic N) is 1. The molecule has 16 heavy (non-hydrogen) atoms. The van der Waals surface area contributed by atoms with Crippen LogP contribution in [0.25, 0.3) is 0 Å². The first-order valence-corrected chi connectivity index (χ1v) is 6.96. The molecule has 2 N–H and O–H groups in total. The van der Waals surface area contributed by atoms with E-state index < -0.39 is 0 Å². The van der Waals surface area contributed by atoms with Gasteiger partial charge in [-0.1, -0.05) is 6.42 Å². The molecule has 2 heterocycles. The van der Waals surface area contributed by atoms with E-state index in [4.69, 9.17) is 0 Å². The van der Waals surface area contributed by atoms with E-state index in [1.54, 1.807) is 0 Å². The fourth-order valence-corrected chi connectivity index (χ4v) is 3.92. The fraction of sp³-hybridized carbons (Fsp3) is 1.00. The van der Waals surface area contributed by atoms with Crippen molar-refractivity contribution in [1.82, 2.24) is 10.2 Å². The zero-order chi connectivity index (χ0) is 11.0. The zero-order valence-electron chi connectivity index (χ0n) is 10.1. The van der Waals surface area contributed by atoms with Gasteiger partial charge in [0, 0.05) is 25.2 Å². The van der Waals surface area contributed by atoms with Crippen LogP contribution in [0.3, 0.4) is 0 Å². The monoisotopic (exact) mass is 224 g/mol. The minimum atomic E-state index is 0.376. The van der Waals surface area contributed by atoms with Crippen molar-refractivity contribution in [2.45, 2.75) is 44.2 Å². The lowest BCUT2D eigenvalue weighted by atomic mass is 9.92. The van der Waals surface area contributed by atoms with Gasteiger partial charge in [0.25, 0.3) is 0 Å².